The van der Waals surface area contributed by atoms with E-state index in [2.05, 4.69) is 10.3 Å². The van der Waals surface area contributed by atoms with E-state index in [0.29, 0.717) is 26.9 Å². The van der Waals surface area contributed by atoms with Crippen molar-refractivity contribution in [2.24, 2.45) is 5.73 Å². The fraction of sp³-hybridized carbons (Fsp3) is 0.200. The first-order valence-electron chi connectivity index (χ1n) is 7.29. The number of thiophene rings is 2. The molecule has 3 rings (SSSR count). The van der Waals surface area contributed by atoms with Crippen LogP contribution in [-0.4, -0.2) is 27.1 Å². The Morgan fingerprint density at radius 2 is 2.08 bits per heavy atom. The van der Waals surface area contributed by atoms with Crippen LogP contribution in [0.25, 0.3) is 10.2 Å². The van der Waals surface area contributed by atoms with Gasteiger partial charge in [0.1, 0.15) is 9.70 Å². The van der Waals surface area contributed by atoms with E-state index in [0.717, 1.165) is 0 Å². The largest absolute Gasteiger partial charge is 0.366 e. The molecule has 7 nitrogen and oxygen atoms in total. The number of hydrogen-bond acceptors (Lipinski definition) is 7. The molecule has 0 atom stereocenters. The molecule has 0 aliphatic rings. The van der Waals surface area contributed by atoms with E-state index in [1.54, 1.807) is 22.1 Å². The van der Waals surface area contributed by atoms with Gasteiger partial charge in [0, 0.05) is 6.54 Å². The van der Waals surface area contributed by atoms with E-state index in [9.17, 15) is 14.4 Å². The van der Waals surface area contributed by atoms with Crippen molar-refractivity contribution in [3.63, 3.8) is 0 Å². The monoisotopic (exact) mass is 394 g/mol. The molecular weight excluding hydrogens is 380 g/mol. The van der Waals surface area contributed by atoms with Crippen LogP contribution in [0.3, 0.4) is 0 Å². The van der Waals surface area contributed by atoms with E-state index in [1.165, 1.54) is 34.4 Å². The van der Waals surface area contributed by atoms with Crippen molar-refractivity contribution >= 4 is 61.5 Å². The van der Waals surface area contributed by atoms with Gasteiger partial charge in [0.25, 0.3) is 11.5 Å². The second-order valence-corrected chi connectivity index (χ2v) is 7.72. The zero-order chi connectivity index (χ0) is 18.0. The normalized spacial score (nSPS) is 10.9. The predicted molar refractivity (Wildman–Crippen MR) is 102 cm³/mol. The fourth-order valence-electron chi connectivity index (χ4n) is 2.21. The lowest BCUT2D eigenvalue weighted by Crippen LogP contribution is -2.23. The third kappa shape index (κ3) is 3.60. The number of thioether (sulfide) groups is 1. The lowest BCUT2D eigenvalue weighted by molar-refractivity contribution is -0.113. The van der Waals surface area contributed by atoms with Crippen LogP contribution in [0.1, 0.15) is 17.3 Å². The first kappa shape index (κ1) is 17.6. The number of carbonyl (C=O) groups excluding carboxylic acids is 2. The van der Waals surface area contributed by atoms with Gasteiger partial charge < -0.3 is 11.1 Å². The Bertz CT molecular complexity index is 1010. The number of nitrogens with one attached hydrogen (secondary N) is 1. The third-order valence-corrected chi connectivity index (χ3v) is 6.06. The van der Waals surface area contributed by atoms with Crippen LogP contribution in [0.4, 0.5) is 5.00 Å². The van der Waals surface area contributed by atoms with Gasteiger partial charge in [-0.2, -0.15) is 0 Å². The molecule has 0 aliphatic carbocycles. The summed E-state index contributed by atoms with van der Waals surface area (Å²) in [6.07, 6.45) is 0. The van der Waals surface area contributed by atoms with Crippen LogP contribution < -0.4 is 16.6 Å². The minimum Gasteiger partial charge on any atom is -0.366 e. The van der Waals surface area contributed by atoms with Crippen LogP contribution in [0.15, 0.2) is 32.8 Å². The average Bonchev–Trinajstić information content (AvgIpc) is 3.22. The zero-order valence-electron chi connectivity index (χ0n) is 13.1. The number of hydrogen-bond donors (Lipinski definition) is 2. The maximum Gasteiger partial charge on any atom is 0.272 e. The van der Waals surface area contributed by atoms with Gasteiger partial charge in [-0.25, -0.2) is 4.98 Å². The molecule has 3 heterocycles. The molecule has 3 aromatic heterocycles. The summed E-state index contributed by atoms with van der Waals surface area (Å²) in [6.45, 7) is 2.33. The van der Waals surface area contributed by atoms with Gasteiger partial charge in [-0.05, 0) is 29.8 Å². The van der Waals surface area contributed by atoms with E-state index in [4.69, 9.17) is 5.73 Å². The number of nitrogens with zero attached hydrogens (tertiary/aromatic N) is 2. The lowest BCUT2D eigenvalue weighted by atomic mass is 10.3. The molecule has 3 N–H and O–H groups in total. The van der Waals surface area contributed by atoms with Gasteiger partial charge in [-0.1, -0.05) is 11.8 Å². The van der Waals surface area contributed by atoms with Crippen molar-refractivity contribution in [3.05, 3.63) is 38.8 Å². The summed E-state index contributed by atoms with van der Waals surface area (Å²) in [5, 5.41) is 7.10. The molecule has 0 aliphatic heterocycles. The second-order valence-electron chi connectivity index (χ2n) is 4.94. The zero-order valence-corrected chi connectivity index (χ0v) is 15.6. The van der Waals surface area contributed by atoms with Crippen molar-refractivity contribution in [3.8, 4) is 0 Å². The highest BCUT2D eigenvalue weighted by atomic mass is 32.2. The number of rotatable bonds is 6. The summed E-state index contributed by atoms with van der Waals surface area (Å²) in [5.74, 6) is -0.816. The minimum absolute atomic E-state index is 0.0676. The quantitative estimate of drug-likeness (QED) is 0.493. The molecule has 0 saturated heterocycles. The van der Waals surface area contributed by atoms with Crippen LogP contribution in [0, 0.1) is 0 Å². The molecule has 0 aromatic carbocycles. The predicted octanol–water partition coefficient (Wildman–Crippen LogP) is 2.37. The number of fused-ring (bicyclic) bond motifs is 1. The Morgan fingerprint density at radius 3 is 2.80 bits per heavy atom. The van der Waals surface area contributed by atoms with Crippen LogP contribution in [0.5, 0.6) is 0 Å². The minimum atomic E-state index is -0.589. The number of nitrogens with two attached hydrogens (primary N) is 1. The second kappa shape index (κ2) is 7.38. The number of anilines is 1. The van der Waals surface area contributed by atoms with Crippen LogP contribution >= 0.6 is 34.4 Å². The van der Waals surface area contributed by atoms with E-state index >= 15 is 0 Å². The van der Waals surface area contributed by atoms with Crippen molar-refractivity contribution in [1.29, 1.82) is 0 Å². The summed E-state index contributed by atoms with van der Waals surface area (Å²) >= 11 is 3.77. The highest BCUT2D eigenvalue weighted by Crippen LogP contribution is 2.24. The Morgan fingerprint density at radius 1 is 1.32 bits per heavy atom. The Hall–Kier alpha value is -2.17. The summed E-state index contributed by atoms with van der Waals surface area (Å²) < 4.78 is 2.16. The molecular formula is C15H14N4O3S3. The first-order valence-corrected chi connectivity index (χ1v) is 10.0. The maximum atomic E-state index is 12.4. The smallest absolute Gasteiger partial charge is 0.272 e. The number of amides is 2. The highest BCUT2D eigenvalue weighted by molar-refractivity contribution is 7.99. The standard InChI is InChI=1S/C15H14N4O3S3/c1-2-19-14(22)11-9(4-6-23-11)17-15(19)25-7-10(20)18-13-8(12(16)21)3-5-24-13/h3-6H,2,7H2,1H3,(H2,16,21)(H,18,20). The lowest BCUT2D eigenvalue weighted by Gasteiger charge is -2.09. The SMILES string of the molecule is CCn1c(SCC(=O)Nc2sccc2C(N)=O)nc2ccsc2c1=O. The average molecular weight is 395 g/mol. The molecule has 0 fully saturated rings. The number of carbonyl (C=O) groups is 2. The number of primary amides is 1. The summed E-state index contributed by atoms with van der Waals surface area (Å²) in [7, 11) is 0. The number of aromatic nitrogens is 2. The molecule has 2 amide bonds. The first-order chi connectivity index (χ1) is 12.0. The Kier molecular flexibility index (Phi) is 5.21. The van der Waals surface area contributed by atoms with Gasteiger partial charge in [0.15, 0.2) is 5.16 Å². The molecule has 25 heavy (non-hydrogen) atoms. The van der Waals surface area contributed by atoms with Gasteiger partial charge in [0.05, 0.1) is 16.8 Å². The van der Waals surface area contributed by atoms with Gasteiger partial charge in [-0.3, -0.25) is 19.0 Å². The third-order valence-electron chi connectivity index (χ3n) is 3.36. The van der Waals surface area contributed by atoms with Gasteiger partial charge >= 0.3 is 0 Å². The molecule has 0 bridgehead atoms. The maximum absolute atomic E-state index is 12.4. The van der Waals surface area contributed by atoms with Crippen molar-refractivity contribution < 1.29 is 9.59 Å². The summed E-state index contributed by atoms with van der Waals surface area (Å²) in [6, 6.07) is 3.35. The van der Waals surface area contributed by atoms with Crippen molar-refractivity contribution in [1.82, 2.24) is 9.55 Å². The van der Waals surface area contributed by atoms with Crippen LogP contribution in [-0.2, 0) is 11.3 Å². The van der Waals surface area contributed by atoms with E-state index in [1.807, 2.05) is 12.3 Å². The van der Waals surface area contributed by atoms with Crippen LogP contribution in [0.2, 0.25) is 0 Å². The molecule has 0 radical (unpaired) electrons. The molecule has 0 saturated carbocycles. The fourth-order valence-corrected chi connectivity index (χ4v) is 4.66. The Balaban J connectivity index is 1.76. The molecule has 0 unspecified atom stereocenters. The summed E-state index contributed by atoms with van der Waals surface area (Å²) in [4.78, 5) is 40.4. The van der Waals surface area contributed by atoms with Gasteiger partial charge in [0.2, 0.25) is 5.91 Å². The molecule has 0 spiro atoms. The molecule has 3 aromatic rings. The molecule has 10 heteroatoms. The van der Waals surface area contributed by atoms with E-state index in [-0.39, 0.29) is 22.8 Å². The van der Waals surface area contributed by atoms with E-state index < -0.39 is 5.91 Å². The van der Waals surface area contributed by atoms with Gasteiger partial charge in [-0.15, -0.1) is 22.7 Å². The van der Waals surface area contributed by atoms with Crippen molar-refractivity contribution in [2.45, 2.75) is 18.6 Å². The Labute approximate surface area is 154 Å². The molecule has 130 valence electrons. The van der Waals surface area contributed by atoms with Crippen molar-refractivity contribution in [2.75, 3.05) is 11.1 Å². The highest BCUT2D eigenvalue weighted by Gasteiger charge is 2.15. The summed E-state index contributed by atoms with van der Waals surface area (Å²) in [5.41, 5.74) is 6.08. The topological polar surface area (TPSA) is 107 Å².